The minimum Gasteiger partial charge on any atom is -0.356 e. The summed E-state index contributed by atoms with van der Waals surface area (Å²) in [4.78, 5) is 33.3. The quantitative estimate of drug-likeness (QED) is 0.864. The molecule has 1 atom stereocenters. The van der Waals surface area contributed by atoms with Crippen molar-refractivity contribution in [2.24, 2.45) is 5.92 Å². The predicted molar refractivity (Wildman–Crippen MR) is 106 cm³/mol. The van der Waals surface area contributed by atoms with Crippen molar-refractivity contribution in [1.29, 1.82) is 0 Å². The van der Waals surface area contributed by atoms with Crippen LogP contribution in [0.1, 0.15) is 44.9 Å². The van der Waals surface area contributed by atoms with Crippen LogP contribution in [-0.2, 0) is 24.1 Å². The van der Waals surface area contributed by atoms with Gasteiger partial charge in [-0.25, -0.2) is 0 Å². The lowest BCUT2D eigenvalue weighted by molar-refractivity contribution is -0.125. The molecule has 3 heterocycles. The van der Waals surface area contributed by atoms with Crippen LogP contribution in [0.2, 0.25) is 0 Å². The normalized spacial score (nSPS) is 19.0. The van der Waals surface area contributed by atoms with Gasteiger partial charge in [0.25, 0.3) is 5.91 Å². The average Bonchev–Trinajstić information content (AvgIpc) is 3.37. The van der Waals surface area contributed by atoms with E-state index in [9.17, 15) is 9.59 Å². The highest BCUT2D eigenvalue weighted by atomic mass is 32.1. The largest absolute Gasteiger partial charge is 0.356 e. The first-order chi connectivity index (χ1) is 13.2. The van der Waals surface area contributed by atoms with Crippen LogP contribution in [-0.4, -0.2) is 41.3 Å². The second kappa shape index (κ2) is 8.21. The van der Waals surface area contributed by atoms with Gasteiger partial charge in [0.2, 0.25) is 5.91 Å². The van der Waals surface area contributed by atoms with Crippen LogP contribution >= 0.6 is 11.3 Å². The van der Waals surface area contributed by atoms with Crippen molar-refractivity contribution in [3.63, 3.8) is 0 Å². The van der Waals surface area contributed by atoms with Gasteiger partial charge in [0.15, 0.2) is 0 Å². The van der Waals surface area contributed by atoms with Crippen molar-refractivity contribution >= 4 is 23.2 Å². The van der Waals surface area contributed by atoms with E-state index in [1.54, 1.807) is 23.7 Å². The van der Waals surface area contributed by atoms with Crippen molar-refractivity contribution in [2.75, 3.05) is 19.6 Å². The molecule has 0 saturated carbocycles. The number of nitrogens with zero attached hydrogens (tertiary/aromatic N) is 2. The Bertz CT molecular complexity index is 812. The standard InChI is InChI=1S/C21H25N3O2S/c25-20(23-10-7-15-5-8-22-9-6-15)16-3-4-18-17(13-16)14-19(27-18)21(26)24-11-1-2-12-24/h5-6,8-9,14,16H,1-4,7,10-13H2,(H,23,25). The first kappa shape index (κ1) is 18.2. The van der Waals surface area contributed by atoms with Gasteiger partial charge in [0, 0.05) is 42.8 Å². The Morgan fingerprint density at radius 2 is 2.00 bits per heavy atom. The second-order valence-electron chi connectivity index (χ2n) is 7.39. The molecule has 0 aromatic carbocycles. The van der Waals surface area contributed by atoms with E-state index < -0.39 is 0 Å². The third-order valence-electron chi connectivity index (χ3n) is 5.52. The van der Waals surface area contributed by atoms with Gasteiger partial charge in [-0.1, -0.05) is 0 Å². The zero-order valence-corrected chi connectivity index (χ0v) is 16.3. The van der Waals surface area contributed by atoms with E-state index in [1.807, 2.05) is 23.1 Å². The molecule has 4 rings (SSSR count). The number of carbonyl (C=O) groups is 2. The number of aryl methyl sites for hydroxylation is 1. The molecule has 2 amide bonds. The maximum Gasteiger partial charge on any atom is 0.263 e. The first-order valence-electron chi connectivity index (χ1n) is 9.78. The number of fused-ring (bicyclic) bond motifs is 1. The minimum absolute atomic E-state index is 0.0132. The summed E-state index contributed by atoms with van der Waals surface area (Å²) >= 11 is 1.63. The molecule has 27 heavy (non-hydrogen) atoms. The molecule has 1 N–H and O–H groups in total. The number of aromatic nitrogens is 1. The molecular formula is C21H25N3O2S. The number of rotatable bonds is 5. The summed E-state index contributed by atoms with van der Waals surface area (Å²) in [6.45, 7) is 2.41. The lowest BCUT2D eigenvalue weighted by Gasteiger charge is -2.21. The molecule has 2 aliphatic rings. The molecule has 5 nitrogen and oxygen atoms in total. The van der Waals surface area contributed by atoms with Gasteiger partial charge in [-0.05, 0) is 67.9 Å². The van der Waals surface area contributed by atoms with Crippen LogP contribution in [0.15, 0.2) is 30.6 Å². The lowest BCUT2D eigenvalue weighted by atomic mass is 9.87. The van der Waals surface area contributed by atoms with Crippen LogP contribution < -0.4 is 5.32 Å². The molecule has 142 valence electrons. The molecule has 1 aliphatic heterocycles. The van der Waals surface area contributed by atoms with E-state index in [-0.39, 0.29) is 17.7 Å². The monoisotopic (exact) mass is 383 g/mol. The number of hydrogen-bond donors (Lipinski definition) is 1. The highest BCUT2D eigenvalue weighted by Crippen LogP contribution is 2.33. The van der Waals surface area contributed by atoms with Crippen LogP contribution in [0.25, 0.3) is 0 Å². The summed E-state index contributed by atoms with van der Waals surface area (Å²) in [5.74, 6) is 0.317. The summed E-state index contributed by atoms with van der Waals surface area (Å²) in [6.07, 6.45) is 9.10. The molecule has 1 saturated heterocycles. The molecule has 1 unspecified atom stereocenters. The Morgan fingerprint density at radius 3 is 2.78 bits per heavy atom. The Kier molecular flexibility index (Phi) is 5.53. The molecule has 2 aromatic heterocycles. The Balaban J connectivity index is 1.32. The summed E-state index contributed by atoms with van der Waals surface area (Å²) in [5, 5.41) is 3.07. The topological polar surface area (TPSA) is 62.3 Å². The fourth-order valence-corrected chi connectivity index (χ4v) is 5.13. The maximum atomic E-state index is 12.6. The number of carbonyl (C=O) groups excluding carboxylic acids is 2. The van der Waals surface area contributed by atoms with Gasteiger partial charge in [-0.3, -0.25) is 14.6 Å². The fourth-order valence-electron chi connectivity index (χ4n) is 3.95. The van der Waals surface area contributed by atoms with Gasteiger partial charge in [-0.2, -0.15) is 0 Å². The van der Waals surface area contributed by atoms with Crippen molar-refractivity contribution in [3.05, 3.63) is 51.5 Å². The van der Waals surface area contributed by atoms with Gasteiger partial charge in [-0.15, -0.1) is 11.3 Å². The van der Waals surface area contributed by atoms with E-state index in [0.717, 1.165) is 56.5 Å². The summed E-state index contributed by atoms with van der Waals surface area (Å²) in [7, 11) is 0. The number of nitrogens with one attached hydrogen (secondary N) is 1. The van der Waals surface area contributed by atoms with Gasteiger partial charge in [0.1, 0.15) is 0 Å². The van der Waals surface area contributed by atoms with Crippen LogP contribution in [0.4, 0.5) is 0 Å². The fraction of sp³-hybridized carbons (Fsp3) is 0.476. The maximum absolute atomic E-state index is 12.6. The molecular weight excluding hydrogens is 358 g/mol. The average molecular weight is 384 g/mol. The smallest absolute Gasteiger partial charge is 0.263 e. The van der Waals surface area contributed by atoms with Gasteiger partial charge in [0.05, 0.1) is 4.88 Å². The minimum atomic E-state index is 0.0132. The highest BCUT2D eigenvalue weighted by Gasteiger charge is 2.28. The summed E-state index contributed by atoms with van der Waals surface area (Å²) in [5.41, 5.74) is 2.38. The molecule has 0 radical (unpaired) electrons. The number of likely N-dealkylation sites (tertiary alicyclic amines) is 1. The van der Waals surface area contributed by atoms with E-state index in [4.69, 9.17) is 0 Å². The van der Waals surface area contributed by atoms with Crippen LogP contribution in [0.3, 0.4) is 0 Å². The first-order valence-corrected chi connectivity index (χ1v) is 10.6. The lowest BCUT2D eigenvalue weighted by Crippen LogP contribution is -2.34. The van der Waals surface area contributed by atoms with Crippen molar-refractivity contribution in [3.8, 4) is 0 Å². The molecule has 0 spiro atoms. The number of pyridine rings is 1. The van der Waals surface area contributed by atoms with Crippen LogP contribution in [0.5, 0.6) is 0 Å². The molecule has 1 fully saturated rings. The molecule has 1 aliphatic carbocycles. The number of hydrogen-bond acceptors (Lipinski definition) is 4. The third-order valence-corrected chi connectivity index (χ3v) is 6.75. The number of amides is 2. The third kappa shape index (κ3) is 4.21. The highest BCUT2D eigenvalue weighted by molar-refractivity contribution is 7.14. The molecule has 2 aromatic rings. The Morgan fingerprint density at radius 1 is 1.22 bits per heavy atom. The Labute approximate surface area is 163 Å². The summed E-state index contributed by atoms with van der Waals surface area (Å²) in [6, 6.07) is 5.99. The van der Waals surface area contributed by atoms with Gasteiger partial charge < -0.3 is 10.2 Å². The SMILES string of the molecule is O=C(NCCc1ccncc1)C1CCc2sc(C(=O)N3CCCC3)cc2C1. The Hall–Kier alpha value is -2.21. The predicted octanol–water partition coefficient (Wildman–Crippen LogP) is 2.84. The molecule has 0 bridgehead atoms. The zero-order chi connectivity index (χ0) is 18.6. The van der Waals surface area contributed by atoms with Crippen molar-refractivity contribution in [2.45, 2.75) is 38.5 Å². The van der Waals surface area contributed by atoms with E-state index in [2.05, 4.69) is 10.3 Å². The van der Waals surface area contributed by atoms with E-state index >= 15 is 0 Å². The molecule has 6 heteroatoms. The van der Waals surface area contributed by atoms with E-state index in [0.29, 0.717) is 6.54 Å². The second-order valence-corrected chi connectivity index (χ2v) is 8.53. The van der Waals surface area contributed by atoms with Crippen LogP contribution in [0, 0.1) is 5.92 Å². The van der Waals surface area contributed by atoms with Crippen molar-refractivity contribution in [1.82, 2.24) is 15.2 Å². The van der Waals surface area contributed by atoms with Gasteiger partial charge >= 0.3 is 0 Å². The zero-order valence-electron chi connectivity index (χ0n) is 15.4. The van der Waals surface area contributed by atoms with E-state index in [1.165, 1.54) is 16.0 Å². The number of thiophene rings is 1. The summed E-state index contributed by atoms with van der Waals surface area (Å²) < 4.78 is 0. The van der Waals surface area contributed by atoms with Crippen molar-refractivity contribution < 1.29 is 9.59 Å².